The molecule has 0 spiro atoms. The molecular formula is C29H23F5IN3O4. The average Bonchev–Trinajstić information content (AvgIpc) is 2.99. The molecule has 2 N–H and O–H groups in total. The van der Waals surface area contributed by atoms with E-state index in [1.54, 1.807) is 40.8 Å². The molecule has 0 radical (unpaired) electrons. The van der Waals surface area contributed by atoms with Gasteiger partial charge in [0.25, 0.3) is 0 Å². The van der Waals surface area contributed by atoms with E-state index in [1.807, 2.05) is 0 Å². The van der Waals surface area contributed by atoms with Gasteiger partial charge in [-0.2, -0.15) is 0 Å². The Kier molecular flexibility index (Phi) is 9.70. The number of rotatable bonds is 10. The lowest BCUT2D eigenvalue weighted by atomic mass is 10.00. The zero-order valence-corrected chi connectivity index (χ0v) is 24.5. The van der Waals surface area contributed by atoms with Crippen molar-refractivity contribution in [1.29, 1.82) is 0 Å². The fourth-order valence-corrected chi connectivity index (χ4v) is 4.51. The fourth-order valence-electron chi connectivity index (χ4n) is 4.08. The number of hydrogen-bond acceptors (Lipinski definition) is 7. The van der Waals surface area contributed by atoms with Crippen LogP contribution in [-0.2, 0) is 17.7 Å². The van der Waals surface area contributed by atoms with Crippen molar-refractivity contribution in [2.75, 3.05) is 32.0 Å². The Labute approximate surface area is 251 Å². The molecule has 0 amide bonds. The van der Waals surface area contributed by atoms with Crippen molar-refractivity contribution < 1.29 is 41.0 Å². The highest BCUT2D eigenvalue weighted by molar-refractivity contribution is 14.1. The highest BCUT2D eigenvalue weighted by Gasteiger charge is 2.25. The molecule has 3 aromatic carbocycles. The molecule has 7 nitrogen and oxygen atoms in total. The first-order chi connectivity index (χ1) is 20.1. The van der Waals surface area contributed by atoms with Crippen LogP contribution in [0, 0.1) is 32.7 Å². The van der Waals surface area contributed by atoms with E-state index in [1.165, 1.54) is 26.5 Å². The number of hydrogen-bond donors (Lipinski definition) is 2. The van der Waals surface area contributed by atoms with Gasteiger partial charge in [-0.05, 0) is 64.0 Å². The molecule has 0 aliphatic rings. The van der Waals surface area contributed by atoms with Crippen molar-refractivity contribution in [2.45, 2.75) is 13.0 Å². The number of esters is 1. The minimum Gasteiger partial charge on any atom is -0.497 e. The Bertz CT molecular complexity index is 1650. The van der Waals surface area contributed by atoms with Crippen LogP contribution in [-0.4, -0.2) is 32.3 Å². The number of carbonyl (C=O) groups is 1. The zero-order valence-electron chi connectivity index (χ0n) is 22.4. The fraction of sp³-hybridized carbons (Fsp3) is 0.172. The largest absolute Gasteiger partial charge is 0.497 e. The SMILES string of the molecule is COC(=O)c1cc(Cc2ccnc(NCc3ccc(OC)cc3OC)c2F)c(F)c(F)c1Nc1cc(F)c(I)cc1F. The summed E-state index contributed by atoms with van der Waals surface area (Å²) in [6.45, 7) is 0.117. The van der Waals surface area contributed by atoms with Crippen molar-refractivity contribution in [3.05, 3.63) is 104 Å². The number of anilines is 3. The molecule has 4 aromatic rings. The number of methoxy groups -OCH3 is 3. The Balaban J connectivity index is 1.65. The topological polar surface area (TPSA) is 81.7 Å². The van der Waals surface area contributed by atoms with Gasteiger partial charge in [0.15, 0.2) is 23.3 Å². The lowest BCUT2D eigenvalue weighted by molar-refractivity contribution is 0.0601. The van der Waals surface area contributed by atoms with Gasteiger partial charge >= 0.3 is 5.97 Å². The van der Waals surface area contributed by atoms with Crippen molar-refractivity contribution >= 4 is 45.8 Å². The summed E-state index contributed by atoms with van der Waals surface area (Å²) in [6.07, 6.45) is 0.805. The Hall–Kier alpha value is -4.14. The van der Waals surface area contributed by atoms with E-state index < -0.39 is 58.4 Å². The van der Waals surface area contributed by atoms with Crippen molar-refractivity contribution in [2.24, 2.45) is 0 Å². The molecule has 0 bridgehead atoms. The molecule has 0 saturated heterocycles. The molecule has 4 rings (SSSR count). The van der Waals surface area contributed by atoms with E-state index in [9.17, 15) is 13.6 Å². The van der Waals surface area contributed by atoms with E-state index in [0.29, 0.717) is 17.1 Å². The van der Waals surface area contributed by atoms with Crippen LogP contribution in [0.2, 0.25) is 0 Å². The third-order valence-electron chi connectivity index (χ3n) is 6.25. The van der Waals surface area contributed by atoms with Crippen molar-refractivity contribution in [3.8, 4) is 11.5 Å². The van der Waals surface area contributed by atoms with Gasteiger partial charge in [-0.25, -0.2) is 31.7 Å². The number of ether oxygens (including phenoxy) is 3. The third kappa shape index (κ3) is 6.50. The summed E-state index contributed by atoms with van der Waals surface area (Å²) in [6, 6.07) is 8.92. The number of pyridine rings is 1. The van der Waals surface area contributed by atoms with Gasteiger partial charge in [-0.15, -0.1) is 0 Å². The maximum absolute atomic E-state index is 15.4. The summed E-state index contributed by atoms with van der Waals surface area (Å²) in [7, 11) is 4.00. The van der Waals surface area contributed by atoms with Crippen LogP contribution in [0.4, 0.5) is 39.1 Å². The van der Waals surface area contributed by atoms with Crippen LogP contribution in [0.5, 0.6) is 11.5 Å². The molecule has 13 heteroatoms. The second-order valence-electron chi connectivity index (χ2n) is 8.79. The Morgan fingerprint density at radius 1 is 0.857 bits per heavy atom. The minimum absolute atomic E-state index is 0.0396. The van der Waals surface area contributed by atoms with Crippen molar-refractivity contribution in [3.63, 3.8) is 0 Å². The van der Waals surface area contributed by atoms with Gasteiger partial charge in [-0.3, -0.25) is 0 Å². The van der Waals surface area contributed by atoms with E-state index in [2.05, 4.69) is 20.4 Å². The van der Waals surface area contributed by atoms with E-state index >= 15 is 13.2 Å². The Morgan fingerprint density at radius 2 is 1.62 bits per heavy atom. The van der Waals surface area contributed by atoms with Gasteiger partial charge in [0, 0.05) is 36.9 Å². The van der Waals surface area contributed by atoms with E-state index in [0.717, 1.165) is 25.3 Å². The van der Waals surface area contributed by atoms with Crippen LogP contribution >= 0.6 is 22.6 Å². The van der Waals surface area contributed by atoms with Crippen LogP contribution in [0.1, 0.15) is 27.0 Å². The molecule has 42 heavy (non-hydrogen) atoms. The monoisotopic (exact) mass is 699 g/mol. The first-order valence-corrected chi connectivity index (χ1v) is 13.2. The number of nitrogens with zero attached hydrogens (tertiary/aromatic N) is 1. The number of nitrogens with one attached hydrogen (secondary N) is 2. The van der Waals surface area contributed by atoms with E-state index in [-0.39, 0.29) is 27.1 Å². The molecule has 0 saturated carbocycles. The number of aromatic nitrogens is 1. The minimum atomic E-state index is -1.56. The molecule has 0 fully saturated rings. The standard InChI is InChI=1S/C29H23F5IN3O4/c1-40-17-5-4-15(23(10-17)41-2)13-37-28-25(33)14(6-7-36-28)8-16-9-18(29(39)42-3)27(26(34)24(16)32)38-22-12-19(30)21(35)11-20(22)31/h4-7,9-12,38H,8,13H2,1-3H3,(H,36,37). The molecule has 0 aliphatic carbocycles. The zero-order chi connectivity index (χ0) is 30.6. The van der Waals surface area contributed by atoms with Gasteiger partial charge in [0.1, 0.15) is 23.1 Å². The summed E-state index contributed by atoms with van der Waals surface area (Å²) in [5.74, 6) is -5.79. The number of benzene rings is 3. The Morgan fingerprint density at radius 3 is 2.31 bits per heavy atom. The van der Waals surface area contributed by atoms with Crippen LogP contribution in [0.3, 0.4) is 0 Å². The van der Waals surface area contributed by atoms with Gasteiger partial charge in [0.05, 0.1) is 41.8 Å². The maximum atomic E-state index is 15.4. The molecule has 0 aliphatic heterocycles. The van der Waals surface area contributed by atoms with E-state index in [4.69, 9.17) is 9.47 Å². The summed E-state index contributed by atoms with van der Waals surface area (Å²) in [4.78, 5) is 16.5. The smallest absolute Gasteiger partial charge is 0.340 e. The lowest BCUT2D eigenvalue weighted by Gasteiger charge is -2.17. The molecule has 0 atom stereocenters. The quantitative estimate of drug-likeness (QED) is 0.0790. The average molecular weight is 699 g/mol. The first-order valence-electron chi connectivity index (χ1n) is 12.2. The second-order valence-corrected chi connectivity index (χ2v) is 9.95. The second kappa shape index (κ2) is 13.2. The first kappa shape index (κ1) is 30.8. The highest BCUT2D eigenvalue weighted by Crippen LogP contribution is 2.33. The van der Waals surface area contributed by atoms with Crippen LogP contribution < -0.4 is 20.1 Å². The summed E-state index contributed by atoms with van der Waals surface area (Å²) in [5.41, 5.74) is -1.59. The molecule has 0 unspecified atom stereocenters. The number of halogens is 6. The highest BCUT2D eigenvalue weighted by atomic mass is 127. The van der Waals surface area contributed by atoms with Gasteiger partial charge < -0.3 is 24.8 Å². The molecule has 1 aromatic heterocycles. The van der Waals surface area contributed by atoms with Crippen LogP contribution in [0.15, 0.2) is 48.7 Å². The molecular weight excluding hydrogens is 676 g/mol. The summed E-state index contributed by atoms with van der Waals surface area (Å²) >= 11 is 1.57. The normalized spacial score (nSPS) is 10.8. The van der Waals surface area contributed by atoms with Crippen LogP contribution in [0.25, 0.3) is 0 Å². The number of carbonyl (C=O) groups excluding carboxylic acids is 1. The predicted molar refractivity (Wildman–Crippen MR) is 154 cm³/mol. The lowest BCUT2D eigenvalue weighted by Crippen LogP contribution is -2.13. The maximum Gasteiger partial charge on any atom is 0.340 e. The third-order valence-corrected chi connectivity index (χ3v) is 7.07. The summed E-state index contributed by atoms with van der Waals surface area (Å²) in [5, 5.41) is 5.10. The van der Waals surface area contributed by atoms with Gasteiger partial charge in [-0.1, -0.05) is 0 Å². The molecule has 220 valence electrons. The summed E-state index contributed by atoms with van der Waals surface area (Å²) < 4.78 is 89.7. The predicted octanol–water partition coefficient (Wildman–Crippen LogP) is 7.13. The van der Waals surface area contributed by atoms with Crippen molar-refractivity contribution in [1.82, 2.24) is 4.98 Å². The molecule has 1 heterocycles. The van der Waals surface area contributed by atoms with Gasteiger partial charge in [0.2, 0.25) is 0 Å².